The zero-order chi connectivity index (χ0) is 15.5. The van der Waals surface area contributed by atoms with E-state index in [4.69, 9.17) is 5.73 Å². The van der Waals surface area contributed by atoms with Gasteiger partial charge in [-0.2, -0.15) is 0 Å². The lowest BCUT2D eigenvalue weighted by Gasteiger charge is -2.08. The molecule has 4 nitrogen and oxygen atoms in total. The van der Waals surface area contributed by atoms with Crippen molar-refractivity contribution in [1.82, 2.24) is 4.98 Å². The van der Waals surface area contributed by atoms with Crippen LogP contribution in [0.15, 0.2) is 30.5 Å². The lowest BCUT2D eigenvalue weighted by molar-refractivity contribution is -0.119. The van der Waals surface area contributed by atoms with Crippen molar-refractivity contribution in [1.29, 1.82) is 0 Å². The highest BCUT2D eigenvalue weighted by atomic mass is 32.1. The monoisotopic (exact) mass is 319 g/mol. The Balaban J connectivity index is 1.60. The Labute approximate surface area is 132 Å². The highest BCUT2D eigenvalue weighted by Crippen LogP contribution is 2.27. The average molecular weight is 319 g/mol. The highest BCUT2D eigenvalue weighted by molar-refractivity contribution is 7.15. The van der Waals surface area contributed by atoms with E-state index in [1.807, 2.05) is 6.07 Å². The van der Waals surface area contributed by atoms with E-state index in [1.165, 1.54) is 23.5 Å². The van der Waals surface area contributed by atoms with E-state index in [1.54, 1.807) is 12.3 Å². The quantitative estimate of drug-likeness (QED) is 0.910. The fourth-order valence-electron chi connectivity index (χ4n) is 2.76. The molecular formula is C16H18FN3OS. The lowest BCUT2D eigenvalue weighted by atomic mass is 10.1. The second-order valence-electron chi connectivity index (χ2n) is 5.70. The standard InChI is InChI=1S/C16H18FN3OS/c17-12-3-1-2-10(6-12)7-14-9-19-16(22-14)20-15(21)11-4-5-13(18)8-11/h1-3,6,9,11,13H,4-5,7-8,18H2,(H,19,20,21). The van der Waals surface area contributed by atoms with Crippen LogP contribution in [0, 0.1) is 11.7 Å². The van der Waals surface area contributed by atoms with Crippen LogP contribution in [0.25, 0.3) is 0 Å². The molecule has 1 aliphatic carbocycles. The van der Waals surface area contributed by atoms with Gasteiger partial charge in [0.1, 0.15) is 5.82 Å². The molecule has 2 aromatic rings. The fraction of sp³-hybridized carbons (Fsp3) is 0.375. The van der Waals surface area contributed by atoms with E-state index in [2.05, 4.69) is 10.3 Å². The van der Waals surface area contributed by atoms with Crippen molar-refractivity contribution in [3.8, 4) is 0 Å². The number of nitrogens with zero attached hydrogens (tertiary/aromatic N) is 1. The summed E-state index contributed by atoms with van der Waals surface area (Å²) in [6.45, 7) is 0. The SMILES string of the molecule is NC1CCC(C(=O)Nc2ncc(Cc3cccc(F)c3)s2)C1. The maximum Gasteiger partial charge on any atom is 0.229 e. The molecule has 2 atom stereocenters. The molecule has 3 N–H and O–H groups in total. The van der Waals surface area contributed by atoms with E-state index in [0.717, 1.165) is 29.7 Å². The number of nitrogens with two attached hydrogens (primary N) is 1. The molecule has 1 heterocycles. The van der Waals surface area contributed by atoms with Gasteiger partial charge in [0.2, 0.25) is 5.91 Å². The first kappa shape index (κ1) is 15.1. The van der Waals surface area contributed by atoms with Crippen LogP contribution in [-0.2, 0) is 11.2 Å². The number of rotatable bonds is 4. The molecular weight excluding hydrogens is 301 g/mol. The summed E-state index contributed by atoms with van der Waals surface area (Å²) in [6.07, 6.45) is 4.83. The number of nitrogens with one attached hydrogen (secondary N) is 1. The van der Waals surface area contributed by atoms with E-state index in [9.17, 15) is 9.18 Å². The summed E-state index contributed by atoms with van der Waals surface area (Å²) in [6, 6.07) is 6.64. The molecule has 0 bridgehead atoms. The molecule has 1 fully saturated rings. The minimum absolute atomic E-state index is 0.000365. The summed E-state index contributed by atoms with van der Waals surface area (Å²) >= 11 is 1.42. The van der Waals surface area contributed by atoms with Crippen LogP contribution in [-0.4, -0.2) is 16.9 Å². The van der Waals surface area contributed by atoms with Crippen molar-refractivity contribution < 1.29 is 9.18 Å². The first-order valence-electron chi connectivity index (χ1n) is 7.36. The highest BCUT2D eigenvalue weighted by Gasteiger charge is 2.28. The Morgan fingerprint density at radius 3 is 3.05 bits per heavy atom. The topological polar surface area (TPSA) is 68.0 Å². The molecule has 6 heteroatoms. The lowest BCUT2D eigenvalue weighted by Crippen LogP contribution is -2.23. The number of halogens is 1. The summed E-state index contributed by atoms with van der Waals surface area (Å²) in [4.78, 5) is 17.3. The molecule has 3 rings (SSSR count). The van der Waals surface area contributed by atoms with Gasteiger partial charge in [0.25, 0.3) is 0 Å². The van der Waals surface area contributed by atoms with Gasteiger partial charge in [0, 0.05) is 29.5 Å². The first-order valence-corrected chi connectivity index (χ1v) is 8.17. The second kappa shape index (κ2) is 6.54. The molecule has 116 valence electrons. The first-order chi connectivity index (χ1) is 10.6. The van der Waals surface area contributed by atoms with Crippen LogP contribution in [0.1, 0.15) is 29.7 Å². The predicted molar refractivity (Wildman–Crippen MR) is 85.3 cm³/mol. The molecule has 1 aromatic heterocycles. The van der Waals surface area contributed by atoms with Crippen LogP contribution in [0.3, 0.4) is 0 Å². The third-order valence-electron chi connectivity index (χ3n) is 3.90. The summed E-state index contributed by atoms with van der Waals surface area (Å²) in [5.41, 5.74) is 6.73. The Morgan fingerprint density at radius 1 is 1.45 bits per heavy atom. The number of thiazole rings is 1. The second-order valence-corrected chi connectivity index (χ2v) is 6.81. The number of benzene rings is 1. The van der Waals surface area contributed by atoms with Gasteiger partial charge in [-0.3, -0.25) is 4.79 Å². The maximum atomic E-state index is 13.2. The third kappa shape index (κ3) is 3.69. The van der Waals surface area contributed by atoms with E-state index in [-0.39, 0.29) is 23.7 Å². The molecule has 0 aliphatic heterocycles. The minimum Gasteiger partial charge on any atom is -0.328 e. The van der Waals surface area contributed by atoms with Gasteiger partial charge in [-0.1, -0.05) is 12.1 Å². The molecule has 1 aromatic carbocycles. The maximum absolute atomic E-state index is 13.2. The van der Waals surface area contributed by atoms with Gasteiger partial charge in [-0.15, -0.1) is 11.3 Å². The average Bonchev–Trinajstić information content (AvgIpc) is 3.08. The van der Waals surface area contributed by atoms with Crippen LogP contribution in [0.2, 0.25) is 0 Å². The number of hydrogen-bond donors (Lipinski definition) is 2. The summed E-state index contributed by atoms with van der Waals surface area (Å²) in [5, 5.41) is 3.46. The Hall–Kier alpha value is -1.79. The summed E-state index contributed by atoms with van der Waals surface area (Å²) in [5.74, 6) is -0.252. The molecule has 0 spiro atoms. The number of hydrogen-bond acceptors (Lipinski definition) is 4. The van der Waals surface area contributed by atoms with Gasteiger partial charge >= 0.3 is 0 Å². The summed E-state index contributed by atoms with van der Waals surface area (Å²) < 4.78 is 13.2. The van der Waals surface area contributed by atoms with Crippen molar-refractivity contribution in [3.63, 3.8) is 0 Å². The smallest absolute Gasteiger partial charge is 0.229 e. The molecule has 22 heavy (non-hydrogen) atoms. The Bertz CT molecular complexity index is 673. The van der Waals surface area contributed by atoms with Crippen LogP contribution in [0.5, 0.6) is 0 Å². The zero-order valence-corrected chi connectivity index (χ0v) is 12.9. The van der Waals surface area contributed by atoms with Crippen molar-refractivity contribution in [2.45, 2.75) is 31.7 Å². The Kier molecular flexibility index (Phi) is 4.49. The molecule has 0 radical (unpaired) electrons. The van der Waals surface area contributed by atoms with Gasteiger partial charge < -0.3 is 11.1 Å². The van der Waals surface area contributed by atoms with Crippen molar-refractivity contribution in [2.75, 3.05) is 5.32 Å². The number of carbonyl (C=O) groups excluding carboxylic acids is 1. The molecule has 1 amide bonds. The van der Waals surface area contributed by atoms with Gasteiger partial charge in [0.15, 0.2) is 5.13 Å². The van der Waals surface area contributed by atoms with Crippen LogP contribution < -0.4 is 11.1 Å². The summed E-state index contributed by atoms with van der Waals surface area (Å²) in [7, 11) is 0. The molecule has 1 saturated carbocycles. The zero-order valence-electron chi connectivity index (χ0n) is 12.1. The fourth-order valence-corrected chi connectivity index (χ4v) is 3.61. The molecule has 1 aliphatic rings. The normalized spacial score (nSPS) is 21.0. The van der Waals surface area contributed by atoms with Crippen molar-refractivity contribution >= 4 is 22.4 Å². The van der Waals surface area contributed by atoms with Gasteiger partial charge in [-0.25, -0.2) is 9.37 Å². The van der Waals surface area contributed by atoms with E-state index < -0.39 is 0 Å². The number of anilines is 1. The largest absolute Gasteiger partial charge is 0.328 e. The molecule has 0 saturated heterocycles. The van der Waals surface area contributed by atoms with Gasteiger partial charge in [-0.05, 0) is 37.0 Å². The Morgan fingerprint density at radius 2 is 2.32 bits per heavy atom. The number of aromatic nitrogens is 1. The van der Waals surface area contributed by atoms with Crippen LogP contribution >= 0.6 is 11.3 Å². The van der Waals surface area contributed by atoms with E-state index in [0.29, 0.717) is 11.6 Å². The van der Waals surface area contributed by atoms with Crippen LogP contribution in [0.4, 0.5) is 9.52 Å². The third-order valence-corrected chi connectivity index (χ3v) is 4.81. The minimum atomic E-state index is -0.242. The van der Waals surface area contributed by atoms with E-state index >= 15 is 0 Å². The van der Waals surface area contributed by atoms with Gasteiger partial charge in [0.05, 0.1) is 0 Å². The number of carbonyl (C=O) groups is 1. The van der Waals surface area contributed by atoms with Crippen molar-refractivity contribution in [2.24, 2.45) is 11.7 Å². The predicted octanol–water partition coefficient (Wildman–Crippen LogP) is 2.94. The molecule has 2 unspecified atom stereocenters. The van der Waals surface area contributed by atoms with Crippen molar-refractivity contribution in [3.05, 3.63) is 46.7 Å². The number of amides is 1.